The molecule has 3 aliphatic heterocycles. The smallest absolute Gasteiger partial charge is 0.318 e. The van der Waals surface area contributed by atoms with E-state index in [0.717, 1.165) is 82.8 Å². The van der Waals surface area contributed by atoms with E-state index in [1.165, 1.54) is 59.1 Å². The number of hydrogen-bond acceptors (Lipinski definition) is 8. The molecule has 8 heteroatoms. The number of rotatable bonds is 10. The van der Waals surface area contributed by atoms with Gasteiger partial charge in [-0.25, -0.2) is 0 Å². The normalized spacial score (nSPS) is 23.1. The third kappa shape index (κ3) is 6.39. The van der Waals surface area contributed by atoms with Crippen LogP contribution in [0.4, 0.5) is 5.82 Å². The van der Waals surface area contributed by atoms with Gasteiger partial charge in [0, 0.05) is 37.7 Å². The molecule has 4 heterocycles. The van der Waals surface area contributed by atoms with Gasteiger partial charge in [0.05, 0.1) is 29.4 Å². The van der Waals surface area contributed by atoms with E-state index in [1.807, 2.05) is 19.2 Å². The van der Waals surface area contributed by atoms with Crippen LogP contribution in [-0.4, -0.2) is 89.5 Å². The molecule has 0 saturated carbocycles. The number of aryl methyl sites for hydroxylation is 1. The van der Waals surface area contributed by atoms with Crippen molar-refractivity contribution in [2.75, 3.05) is 57.9 Å². The minimum atomic E-state index is -0.513. The quantitative estimate of drug-likeness (QED) is 0.143. The number of benzene rings is 4. The summed E-state index contributed by atoms with van der Waals surface area (Å²) in [4.78, 5) is 18.6. The van der Waals surface area contributed by atoms with Gasteiger partial charge in [0.25, 0.3) is 0 Å². The Labute approximate surface area is 343 Å². The van der Waals surface area contributed by atoms with E-state index in [-0.39, 0.29) is 17.0 Å². The molecule has 1 N–H and O–H groups in total. The number of hydrogen-bond donors (Lipinski definition) is 1. The largest absolute Gasteiger partial charge is 0.508 e. The third-order valence-electron chi connectivity index (χ3n) is 14.6. The van der Waals surface area contributed by atoms with E-state index in [2.05, 4.69) is 112 Å². The molecule has 1 unspecified atom stereocenters. The predicted octanol–water partition coefficient (Wildman–Crippen LogP) is 8.08. The molecular weight excluding hydrogens is 719 g/mol. The molecule has 8 nitrogen and oxygen atoms in total. The van der Waals surface area contributed by atoms with Crippen LogP contribution in [-0.2, 0) is 35.0 Å². The fourth-order valence-electron chi connectivity index (χ4n) is 12.0. The van der Waals surface area contributed by atoms with Crippen molar-refractivity contribution in [3.05, 3.63) is 148 Å². The van der Waals surface area contributed by atoms with E-state index in [0.29, 0.717) is 25.0 Å². The number of anilines is 1. The molecule has 4 aromatic carbocycles. The first kappa shape index (κ1) is 37.5. The first-order valence-corrected chi connectivity index (χ1v) is 21.8. The molecule has 3 fully saturated rings. The molecule has 0 amide bonds. The second kappa shape index (κ2) is 15.4. The van der Waals surface area contributed by atoms with Gasteiger partial charge in [0.15, 0.2) is 0 Å². The van der Waals surface area contributed by atoms with Gasteiger partial charge in [-0.05, 0) is 117 Å². The number of aromatic nitrogens is 2. The van der Waals surface area contributed by atoms with Crippen molar-refractivity contribution in [3.8, 4) is 11.8 Å². The number of phenols is 1. The summed E-state index contributed by atoms with van der Waals surface area (Å²) in [7, 11) is 1.83. The number of phenolic OH excluding ortho intramolecular Hbond substituents is 1. The zero-order chi connectivity index (χ0) is 39.2. The van der Waals surface area contributed by atoms with Crippen LogP contribution in [0.1, 0.15) is 84.0 Å². The molecule has 300 valence electrons. The Kier molecular flexibility index (Phi) is 9.99. The zero-order valence-corrected chi connectivity index (χ0v) is 34.0. The molecule has 58 heavy (non-hydrogen) atoms. The van der Waals surface area contributed by atoms with Crippen LogP contribution in [0.3, 0.4) is 0 Å². The average Bonchev–Trinajstić information content (AvgIpc) is 3.86. The maximum absolute atomic E-state index is 10.7. The highest BCUT2D eigenvalue weighted by Crippen LogP contribution is 2.50. The van der Waals surface area contributed by atoms with Crippen molar-refractivity contribution in [2.45, 2.75) is 86.7 Å². The summed E-state index contributed by atoms with van der Waals surface area (Å²) < 4.78 is 12.9. The fraction of sp³-hybridized carbons (Fsp3) is 0.440. The maximum atomic E-state index is 10.7. The summed E-state index contributed by atoms with van der Waals surface area (Å²) in [5, 5.41) is 10.7. The number of fused-ring (bicyclic) bond motifs is 4. The maximum Gasteiger partial charge on any atom is 0.318 e. The van der Waals surface area contributed by atoms with E-state index in [4.69, 9.17) is 19.4 Å². The van der Waals surface area contributed by atoms with Crippen molar-refractivity contribution in [2.24, 2.45) is 0 Å². The third-order valence-corrected chi connectivity index (χ3v) is 14.6. The highest BCUT2D eigenvalue weighted by atomic mass is 16.5. The van der Waals surface area contributed by atoms with Crippen LogP contribution >= 0.6 is 0 Å². The van der Waals surface area contributed by atoms with Crippen molar-refractivity contribution < 1.29 is 14.6 Å². The van der Waals surface area contributed by atoms with Crippen LogP contribution in [0.5, 0.6) is 11.8 Å². The Morgan fingerprint density at radius 2 is 1.41 bits per heavy atom. The van der Waals surface area contributed by atoms with Gasteiger partial charge in [-0.15, -0.1) is 0 Å². The Morgan fingerprint density at radius 3 is 2.07 bits per heavy atom. The molecule has 5 aliphatic rings. The van der Waals surface area contributed by atoms with Crippen LogP contribution in [0.25, 0.3) is 0 Å². The van der Waals surface area contributed by atoms with Crippen LogP contribution in [0.15, 0.2) is 109 Å². The first-order valence-electron chi connectivity index (χ1n) is 21.8. The van der Waals surface area contributed by atoms with Gasteiger partial charge in [0.1, 0.15) is 18.2 Å². The lowest BCUT2D eigenvalue weighted by molar-refractivity contribution is 0.0875. The van der Waals surface area contributed by atoms with E-state index < -0.39 is 5.54 Å². The monoisotopic (exact) mass is 775 g/mol. The SMILES string of the molecule is COC[C@H]1CN(C(c2ccccc2)(c2ccccc2)c2ccccc2)CCN1c1nc(OCC23CCCN2CCC3)nc2c1CCC1(CCCc3ccc(O)cc31)C2. The minimum absolute atomic E-state index is 0.0306. The second-order valence-corrected chi connectivity index (χ2v) is 17.7. The van der Waals surface area contributed by atoms with Crippen molar-refractivity contribution >= 4 is 5.82 Å². The molecule has 2 aliphatic carbocycles. The second-order valence-electron chi connectivity index (χ2n) is 17.7. The van der Waals surface area contributed by atoms with Gasteiger partial charge in [-0.3, -0.25) is 9.80 Å². The molecule has 5 aromatic rings. The van der Waals surface area contributed by atoms with Crippen LogP contribution in [0.2, 0.25) is 0 Å². The Morgan fingerprint density at radius 1 is 0.741 bits per heavy atom. The minimum Gasteiger partial charge on any atom is -0.508 e. The predicted molar refractivity (Wildman–Crippen MR) is 229 cm³/mol. The molecule has 10 rings (SSSR count). The number of piperazine rings is 1. The standard InChI is InChI=1S/C50H57N5O3/c1-57-35-41-34-54(50(38-15-5-2-6-16-38,39-17-7-3-8-18-39)40-19-9-4-10-20-40)30-31-55(41)46-43-23-27-48(24-11-14-37-21-22-42(56)32-44(37)48)33-45(43)51-47(52-46)58-36-49-25-12-28-53(49)29-13-26-49/h2-10,15-22,32,41,56H,11-14,23-31,33-36H2,1H3/t41-,48?/m1/s1. The van der Waals surface area contributed by atoms with Gasteiger partial charge in [0.2, 0.25) is 0 Å². The zero-order valence-electron chi connectivity index (χ0n) is 34.0. The topological polar surface area (TPSA) is 74.2 Å². The lowest BCUT2D eigenvalue weighted by Crippen LogP contribution is -2.62. The molecular formula is C50H57N5O3. The summed E-state index contributed by atoms with van der Waals surface area (Å²) in [5.74, 6) is 1.37. The Hall–Kier alpha value is -4.76. The van der Waals surface area contributed by atoms with Crippen molar-refractivity contribution in [3.63, 3.8) is 0 Å². The molecule has 0 bridgehead atoms. The summed E-state index contributed by atoms with van der Waals surface area (Å²) in [6.45, 7) is 5.90. The highest BCUT2D eigenvalue weighted by molar-refractivity contribution is 5.56. The van der Waals surface area contributed by atoms with E-state index in [9.17, 15) is 5.11 Å². The lowest BCUT2D eigenvalue weighted by atomic mass is 9.62. The summed E-state index contributed by atoms with van der Waals surface area (Å²) in [6.07, 6.45) is 10.9. The van der Waals surface area contributed by atoms with Gasteiger partial charge < -0.3 is 19.5 Å². The van der Waals surface area contributed by atoms with E-state index in [1.54, 1.807) is 0 Å². The Balaban J connectivity index is 1.05. The lowest BCUT2D eigenvalue weighted by Gasteiger charge is -2.52. The number of methoxy groups -OCH3 is 1. The fourth-order valence-corrected chi connectivity index (χ4v) is 12.0. The first-order chi connectivity index (χ1) is 28.5. The molecule has 1 aromatic heterocycles. The van der Waals surface area contributed by atoms with Crippen LogP contribution < -0.4 is 9.64 Å². The van der Waals surface area contributed by atoms with Crippen LogP contribution in [0, 0.1) is 0 Å². The molecule has 3 saturated heterocycles. The summed E-state index contributed by atoms with van der Waals surface area (Å²) in [6, 6.07) is 39.7. The molecule has 1 spiro atoms. The Bertz CT molecular complexity index is 2110. The summed E-state index contributed by atoms with van der Waals surface area (Å²) >= 11 is 0. The number of ether oxygens (including phenoxy) is 2. The average molecular weight is 776 g/mol. The highest BCUT2D eigenvalue weighted by Gasteiger charge is 2.48. The van der Waals surface area contributed by atoms with Crippen molar-refractivity contribution in [1.29, 1.82) is 0 Å². The van der Waals surface area contributed by atoms with Gasteiger partial charge in [-0.1, -0.05) is 97.1 Å². The number of aromatic hydroxyl groups is 1. The van der Waals surface area contributed by atoms with E-state index >= 15 is 0 Å². The number of nitrogens with zero attached hydrogens (tertiary/aromatic N) is 5. The summed E-state index contributed by atoms with van der Waals surface area (Å²) in [5.41, 5.74) is 8.33. The van der Waals surface area contributed by atoms with Gasteiger partial charge >= 0.3 is 6.01 Å². The molecule has 0 radical (unpaired) electrons. The van der Waals surface area contributed by atoms with Gasteiger partial charge in [-0.2, -0.15) is 9.97 Å². The molecule has 2 atom stereocenters. The van der Waals surface area contributed by atoms with Crippen molar-refractivity contribution in [1.82, 2.24) is 19.8 Å².